The molecular weight excluding hydrogens is 373 g/mol. The monoisotopic (exact) mass is 385 g/mol. The summed E-state index contributed by atoms with van der Waals surface area (Å²) in [6.07, 6.45) is -6.35. The van der Waals surface area contributed by atoms with Crippen LogP contribution in [-0.4, -0.2) is 12.3 Å². The van der Waals surface area contributed by atoms with Gasteiger partial charge in [0.25, 0.3) is 0 Å². The Hall–Kier alpha value is -3.10. The Morgan fingerprint density at radius 2 is 1.81 bits per heavy atom. The Kier molecular flexibility index (Phi) is 4.77. The normalized spacial score (nSPS) is 12.8. The molecule has 0 fully saturated rings. The number of fused-ring (bicyclic) bond motifs is 1. The summed E-state index contributed by atoms with van der Waals surface area (Å²) in [4.78, 5) is 11.9. The van der Waals surface area contributed by atoms with E-state index in [1.54, 1.807) is 11.4 Å². The zero-order chi connectivity index (χ0) is 19.8. The van der Waals surface area contributed by atoms with Gasteiger partial charge in [-0.15, -0.1) is 0 Å². The predicted molar refractivity (Wildman–Crippen MR) is 85.3 cm³/mol. The second kappa shape index (κ2) is 6.90. The van der Waals surface area contributed by atoms with E-state index >= 15 is 0 Å². The minimum absolute atomic E-state index is 0.0327. The largest absolute Gasteiger partial charge is 0.455 e. The highest BCUT2D eigenvalue weighted by molar-refractivity contribution is 5.83. The van der Waals surface area contributed by atoms with Gasteiger partial charge >= 0.3 is 12.3 Å². The number of carbonyl (C=O) groups is 1. The SMILES string of the molecule is Cc1c([C@H](NC(=O)Oc2ccccc2)C(F)(F)F)oc2c(F)cc(F)cc12. The standard InChI is InChI=1S/C18H12F5NO3/c1-9-12-7-10(19)8-13(20)15(12)27-14(9)16(18(21,22)23)24-17(25)26-11-5-3-2-4-6-11/h2-8,16H,1H3,(H,24,25)/t16-/m0/s1. The highest BCUT2D eigenvalue weighted by Gasteiger charge is 2.46. The van der Waals surface area contributed by atoms with Gasteiger partial charge in [0, 0.05) is 17.0 Å². The molecule has 4 nitrogen and oxygen atoms in total. The van der Waals surface area contributed by atoms with Gasteiger partial charge in [-0.25, -0.2) is 13.6 Å². The van der Waals surface area contributed by atoms with Crippen LogP contribution in [0, 0.1) is 18.6 Å². The molecule has 9 heteroatoms. The average molecular weight is 385 g/mol. The van der Waals surface area contributed by atoms with Gasteiger partial charge in [-0.05, 0) is 25.1 Å². The zero-order valence-corrected chi connectivity index (χ0v) is 13.7. The van der Waals surface area contributed by atoms with Gasteiger partial charge < -0.3 is 14.5 Å². The molecule has 3 rings (SSSR count). The number of hydrogen-bond acceptors (Lipinski definition) is 3. The summed E-state index contributed by atoms with van der Waals surface area (Å²) in [5.41, 5.74) is -0.679. The smallest absolute Gasteiger partial charge is 0.416 e. The summed E-state index contributed by atoms with van der Waals surface area (Å²) in [6, 6.07) is 6.21. The Bertz CT molecular complexity index is 982. The molecule has 2 aromatic carbocycles. The zero-order valence-electron chi connectivity index (χ0n) is 13.7. The maximum atomic E-state index is 13.8. The van der Waals surface area contributed by atoms with Crippen LogP contribution >= 0.6 is 0 Å². The highest BCUT2D eigenvalue weighted by atomic mass is 19.4. The number of hydrogen-bond donors (Lipinski definition) is 1. The third-order valence-corrected chi connectivity index (χ3v) is 3.80. The molecule has 0 spiro atoms. The van der Waals surface area contributed by atoms with Crippen molar-refractivity contribution in [2.24, 2.45) is 0 Å². The highest BCUT2D eigenvalue weighted by Crippen LogP contribution is 2.39. The van der Waals surface area contributed by atoms with Crippen LogP contribution in [0.5, 0.6) is 5.75 Å². The van der Waals surface area contributed by atoms with Gasteiger partial charge in [-0.3, -0.25) is 0 Å². The molecule has 27 heavy (non-hydrogen) atoms. The molecule has 0 saturated heterocycles. The van der Waals surface area contributed by atoms with Crippen molar-refractivity contribution in [3.05, 3.63) is 65.4 Å². The van der Waals surface area contributed by atoms with E-state index in [1.165, 1.54) is 31.2 Å². The summed E-state index contributed by atoms with van der Waals surface area (Å²) >= 11 is 0. The van der Waals surface area contributed by atoms with E-state index < -0.39 is 41.3 Å². The van der Waals surface area contributed by atoms with Crippen molar-refractivity contribution in [2.45, 2.75) is 19.1 Å². The first-order valence-electron chi connectivity index (χ1n) is 7.65. The van der Waals surface area contributed by atoms with Crippen LogP contribution in [0.15, 0.2) is 46.9 Å². The Morgan fingerprint density at radius 1 is 1.15 bits per heavy atom. The number of rotatable bonds is 3. The van der Waals surface area contributed by atoms with Crippen LogP contribution < -0.4 is 10.1 Å². The Balaban J connectivity index is 1.96. The van der Waals surface area contributed by atoms with Crippen molar-refractivity contribution in [1.82, 2.24) is 5.32 Å². The molecule has 1 heterocycles. The molecule has 3 aromatic rings. The van der Waals surface area contributed by atoms with E-state index in [1.807, 2.05) is 0 Å². The molecule has 0 radical (unpaired) electrons. The Morgan fingerprint density at radius 3 is 2.44 bits per heavy atom. The van der Waals surface area contributed by atoms with Crippen LogP contribution in [0.25, 0.3) is 11.0 Å². The molecule has 0 aliphatic heterocycles. The van der Waals surface area contributed by atoms with E-state index in [-0.39, 0.29) is 16.7 Å². The lowest BCUT2D eigenvalue weighted by atomic mass is 10.1. The summed E-state index contributed by atoms with van der Waals surface area (Å²) in [5, 5.41) is 1.50. The lowest BCUT2D eigenvalue weighted by molar-refractivity contribution is -0.159. The van der Waals surface area contributed by atoms with Crippen molar-refractivity contribution in [3.8, 4) is 5.75 Å². The van der Waals surface area contributed by atoms with E-state index in [0.29, 0.717) is 6.07 Å². The van der Waals surface area contributed by atoms with Crippen LogP contribution in [0.3, 0.4) is 0 Å². The van der Waals surface area contributed by atoms with Crippen LogP contribution in [0.2, 0.25) is 0 Å². The summed E-state index contributed by atoms with van der Waals surface area (Å²) < 4.78 is 77.5. The first-order chi connectivity index (χ1) is 12.7. The van der Waals surface area contributed by atoms with Gasteiger partial charge in [-0.1, -0.05) is 18.2 Å². The van der Waals surface area contributed by atoms with Crippen LogP contribution in [0.4, 0.5) is 26.7 Å². The van der Waals surface area contributed by atoms with Crippen molar-refractivity contribution in [3.63, 3.8) is 0 Å². The number of carbonyl (C=O) groups excluding carboxylic acids is 1. The molecular formula is C18H12F5NO3. The molecule has 0 aliphatic carbocycles. The predicted octanol–water partition coefficient (Wildman–Crippen LogP) is 5.41. The summed E-state index contributed by atoms with van der Waals surface area (Å²) in [6.45, 7) is 1.21. The lowest BCUT2D eigenvalue weighted by Crippen LogP contribution is -2.39. The number of furan rings is 1. The minimum atomic E-state index is -4.97. The Labute approximate surface area is 149 Å². The second-order valence-electron chi connectivity index (χ2n) is 5.68. The third kappa shape index (κ3) is 3.86. The van der Waals surface area contributed by atoms with Crippen molar-refractivity contribution < 1.29 is 35.9 Å². The molecule has 1 atom stereocenters. The molecule has 1 aromatic heterocycles. The number of benzene rings is 2. The van der Waals surface area contributed by atoms with E-state index in [0.717, 1.165) is 6.07 Å². The van der Waals surface area contributed by atoms with Crippen LogP contribution in [0.1, 0.15) is 17.4 Å². The molecule has 142 valence electrons. The number of amides is 1. The second-order valence-corrected chi connectivity index (χ2v) is 5.68. The lowest BCUT2D eigenvalue weighted by Gasteiger charge is -2.20. The van der Waals surface area contributed by atoms with Gasteiger partial charge in [0.1, 0.15) is 17.3 Å². The molecule has 0 bridgehead atoms. The fourth-order valence-corrected chi connectivity index (χ4v) is 2.58. The number of ether oxygens (including phenoxy) is 1. The van der Waals surface area contributed by atoms with Gasteiger partial charge in [-0.2, -0.15) is 13.2 Å². The number of halogens is 5. The summed E-state index contributed by atoms with van der Waals surface area (Å²) in [7, 11) is 0. The molecule has 1 N–H and O–H groups in total. The fraction of sp³-hybridized carbons (Fsp3) is 0.167. The van der Waals surface area contributed by atoms with Crippen LogP contribution in [-0.2, 0) is 0 Å². The van der Waals surface area contributed by atoms with Crippen molar-refractivity contribution in [1.29, 1.82) is 0 Å². The topological polar surface area (TPSA) is 51.5 Å². The van der Waals surface area contributed by atoms with Gasteiger partial charge in [0.05, 0.1) is 0 Å². The van der Waals surface area contributed by atoms with E-state index in [2.05, 4.69) is 0 Å². The first-order valence-corrected chi connectivity index (χ1v) is 7.65. The van der Waals surface area contributed by atoms with E-state index in [9.17, 15) is 26.7 Å². The molecule has 0 unspecified atom stereocenters. The number of aryl methyl sites for hydroxylation is 1. The van der Waals surface area contributed by atoms with Gasteiger partial charge in [0.15, 0.2) is 17.4 Å². The molecule has 1 amide bonds. The molecule has 0 saturated carbocycles. The first kappa shape index (κ1) is 18.7. The number of alkyl halides is 3. The van der Waals surface area contributed by atoms with Crippen molar-refractivity contribution in [2.75, 3.05) is 0 Å². The quantitative estimate of drug-likeness (QED) is 0.614. The maximum Gasteiger partial charge on any atom is 0.416 e. The fourth-order valence-electron chi connectivity index (χ4n) is 2.58. The molecule has 0 aliphatic rings. The summed E-state index contributed by atoms with van der Waals surface area (Å²) in [5.74, 6) is -2.83. The maximum absolute atomic E-state index is 13.8. The number of nitrogens with one attached hydrogen (secondary N) is 1. The number of para-hydroxylation sites is 1. The van der Waals surface area contributed by atoms with Gasteiger partial charge in [0.2, 0.25) is 0 Å². The minimum Gasteiger partial charge on any atom is -0.455 e. The van der Waals surface area contributed by atoms with E-state index in [4.69, 9.17) is 9.15 Å². The third-order valence-electron chi connectivity index (χ3n) is 3.80. The average Bonchev–Trinajstić information content (AvgIpc) is 2.90. The van der Waals surface area contributed by atoms with Crippen molar-refractivity contribution >= 4 is 17.1 Å².